The number of halogens is 1. The van der Waals surface area contributed by atoms with E-state index in [4.69, 9.17) is 21.1 Å². The Bertz CT molecular complexity index is 386. The molecule has 2 rings (SSSR count). The van der Waals surface area contributed by atoms with E-state index in [-0.39, 0.29) is 18.3 Å². The molecule has 0 saturated carbocycles. The number of hydrogen-bond donors (Lipinski definition) is 0. The van der Waals surface area contributed by atoms with Crippen molar-refractivity contribution < 1.29 is 14.3 Å². The van der Waals surface area contributed by atoms with E-state index in [1.165, 1.54) is 0 Å². The molecule has 0 N–H and O–H groups in total. The Hall–Kier alpha value is -0.900. The van der Waals surface area contributed by atoms with E-state index >= 15 is 0 Å². The average molecular weight is 255 g/mol. The normalized spacial score (nSPS) is 19.5. The van der Waals surface area contributed by atoms with Gasteiger partial charge in [-0.3, -0.25) is 4.79 Å². The van der Waals surface area contributed by atoms with E-state index in [0.29, 0.717) is 24.8 Å². The molecule has 92 valence electrons. The summed E-state index contributed by atoms with van der Waals surface area (Å²) < 4.78 is 10.5. The molecular weight excluding hydrogens is 240 g/mol. The molecule has 0 aromatic heterocycles. The number of carbonyl (C=O) groups excluding carboxylic acids is 1. The van der Waals surface area contributed by atoms with Gasteiger partial charge in [0, 0.05) is 17.5 Å². The third-order valence-corrected chi connectivity index (χ3v) is 3.21. The molecule has 1 heterocycles. The van der Waals surface area contributed by atoms with Crippen LogP contribution in [0.2, 0.25) is 5.02 Å². The van der Waals surface area contributed by atoms with Gasteiger partial charge < -0.3 is 9.47 Å². The molecule has 4 heteroatoms. The van der Waals surface area contributed by atoms with Crippen molar-refractivity contribution in [2.45, 2.75) is 13.0 Å². The van der Waals surface area contributed by atoms with Gasteiger partial charge in [-0.15, -0.1) is 0 Å². The van der Waals surface area contributed by atoms with Crippen molar-refractivity contribution in [3.05, 3.63) is 34.9 Å². The summed E-state index contributed by atoms with van der Waals surface area (Å²) >= 11 is 5.98. The summed E-state index contributed by atoms with van der Waals surface area (Å²) in [5, 5.41) is 0.671. The summed E-state index contributed by atoms with van der Waals surface area (Å²) in [7, 11) is 0. The van der Waals surface area contributed by atoms with Gasteiger partial charge in [0.05, 0.1) is 13.2 Å². The fourth-order valence-corrected chi connectivity index (χ4v) is 1.97. The molecule has 17 heavy (non-hydrogen) atoms. The molecule has 1 aromatic rings. The number of benzene rings is 1. The zero-order valence-electron chi connectivity index (χ0n) is 9.52. The van der Waals surface area contributed by atoms with Crippen LogP contribution in [-0.2, 0) is 20.9 Å². The van der Waals surface area contributed by atoms with Crippen molar-refractivity contribution >= 4 is 17.4 Å². The van der Waals surface area contributed by atoms with Crippen molar-refractivity contribution in [2.24, 2.45) is 5.92 Å². The highest BCUT2D eigenvalue weighted by atomic mass is 35.5. The van der Waals surface area contributed by atoms with E-state index < -0.39 is 0 Å². The monoisotopic (exact) mass is 254 g/mol. The first-order valence-electron chi connectivity index (χ1n) is 5.69. The number of hydrogen-bond acceptors (Lipinski definition) is 3. The maximum absolute atomic E-state index is 11.7. The summed E-state index contributed by atoms with van der Waals surface area (Å²) in [5.41, 5.74) is 0.907. The zero-order valence-corrected chi connectivity index (χ0v) is 10.3. The first-order valence-corrected chi connectivity index (χ1v) is 6.07. The van der Waals surface area contributed by atoms with Crippen LogP contribution >= 0.6 is 11.6 Å². The van der Waals surface area contributed by atoms with E-state index in [1.807, 2.05) is 24.3 Å². The lowest BCUT2D eigenvalue weighted by Gasteiger charge is -2.08. The Kier molecular flexibility index (Phi) is 4.54. The first-order chi connectivity index (χ1) is 8.27. The fourth-order valence-electron chi connectivity index (χ4n) is 1.78. The smallest absolute Gasteiger partial charge is 0.163 e. The molecule has 0 bridgehead atoms. The largest absolute Gasteiger partial charge is 0.381 e. The van der Waals surface area contributed by atoms with Crippen LogP contribution in [0.1, 0.15) is 12.0 Å². The van der Waals surface area contributed by atoms with E-state index in [0.717, 1.165) is 12.0 Å². The van der Waals surface area contributed by atoms with E-state index in [1.54, 1.807) is 0 Å². The molecule has 0 radical (unpaired) electrons. The Morgan fingerprint density at radius 1 is 1.47 bits per heavy atom. The van der Waals surface area contributed by atoms with Crippen molar-refractivity contribution in [1.82, 2.24) is 0 Å². The van der Waals surface area contributed by atoms with Gasteiger partial charge in [-0.25, -0.2) is 0 Å². The SMILES string of the molecule is O=C(COCc1ccccc1Cl)C1CCOC1. The number of carbonyl (C=O) groups is 1. The lowest BCUT2D eigenvalue weighted by molar-refractivity contribution is -0.127. The highest BCUT2D eigenvalue weighted by Crippen LogP contribution is 2.17. The molecular formula is C13H15ClO3. The number of Topliss-reactive ketones (excluding diaryl/α,β-unsaturated/α-hetero) is 1. The van der Waals surface area contributed by atoms with E-state index in [9.17, 15) is 4.79 Å². The summed E-state index contributed by atoms with van der Waals surface area (Å²) in [6, 6.07) is 7.47. The van der Waals surface area contributed by atoms with Gasteiger partial charge in [-0.2, -0.15) is 0 Å². The molecule has 1 saturated heterocycles. The van der Waals surface area contributed by atoms with Crippen LogP contribution in [-0.4, -0.2) is 25.6 Å². The van der Waals surface area contributed by atoms with Crippen molar-refractivity contribution in [1.29, 1.82) is 0 Å². The number of ketones is 1. The van der Waals surface area contributed by atoms with Crippen molar-refractivity contribution in [3.8, 4) is 0 Å². The van der Waals surface area contributed by atoms with Gasteiger partial charge in [0.2, 0.25) is 0 Å². The van der Waals surface area contributed by atoms with Gasteiger partial charge in [0.15, 0.2) is 5.78 Å². The summed E-state index contributed by atoms with van der Waals surface area (Å²) in [6.45, 7) is 1.73. The average Bonchev–Trinajstić information content (AvgIpc) is 2.85. The topological polar surface area (TPSA) is 35.5 Å². The predicted octanol–water partition coefficient (Wildman–Crippen LogP) is 2.46. The Morgan fingerprint density at radius 2 is 2.29 bits per heavy atom. The molecule has 1 aliphatic heterocycles. The minimum Gasteiger partial charge on any atom is -0.381 e. The molecule has 1 unspecified atom stereocenters. The third-order valence-electron chi connectivity index (χ3n) is 2.84. The van der Waals surface area contributed by atoms with Crippen LogP contribution in [0.25, 0.3) is 0 Å². The zero-order chi connectivity index (χ0) is 12.1. The van der Waals surface area contributed by atoms with Gasteiger partial charge in [0.25, 0.3) is 0 Å². The quantitative estimate of drug-likeness (QED) is 0.810. The minimum absolute atomic E-state index is 0.0150. The lowest BCUT2D eigenvalue weighted by atomic mass is 10.0. The van der Waals surface area contributed by atoms with Gasteiger partial charge >= 0.3 is 0 Å². The Labute approximate surface area is 106 Å². The molecule has 1 fully saturated rings. The standard InChI is InChI=1S/C13H15ClO3/c14-12-4-2-1-3-10(12)7-17-9-13(15)11-5-6-16-8-11/h1-4,11H,5-9H2. The maximum atomic E-state index is 11.7. The number of ether oxygens (including phenoxy) is 2. The molecule has 0 amide bonds. The number of rotatable bonds is 5. The third kappa shape index (κ3) is 3.53. The Balaban J connectivity index is 1.76. The van der Waals surface area contributed by atoms with Crippen molar-refractivity contribution in [3.63, 3.8) is 0 Å². The molecule has 0 spiro atoms. The van der Waals surface area contributed by atoms with Crippen LogP contribution in [0.5, 0.6) is 0 Å². The molecule has 1 aromatic carbocycles. The van der Waals surface area contributed by atoms with E-state index in [2.05, 4.69) is 0 Å². The molecule has 1 aliphatic rings. The minimum atomic E-state index is 0.0150. The summed E-state index contributed by atoms with van der Waals surface area (Å²) in [6.07, 6.45) is 0.814. The fraction of sp³-hybridized carbons (Fsp3) is 0.462. The predicted molar refractivity (Wildman–Crippen MR) is 65.0 cm³/mol. The highest BCUT2D eigenvalue weighted by Gasteiger charge is 2.23. The molecule has 0 aliphatic carbocycles. The van der Waals surface area contributed by atoms with Crippen LogP contribution < -0.4 is 0 Å². The second-order valence-electron chi connectivity index (χ2n) is 4.11. The van der Waals surface area contributed by atoms with Crippen LogP contribution in [0.3, 0.4) is 0 Å². The van der Waals surface area contributed by atoms with Crippen LogP contribution in [0, 0.1) is 5.92 Å². The van der Waals surface area contributed by atoms with Gasteiger partial charge in [-0.05, 0) is 18.1 Å². The molecule has 1 atom stereocenters. The first kappa shape index (κ1) is 12.6. The second-order valence-corrected chi connectivity index (χ2v) is 4.52. The second kappa shape index (κ2) is 6.15. The maximum Gasteiger partial charge on any atom is 0.163 e. The van der Waals surface area contributed by atoms with Crippen LogP contribution in [0.4, 0.5) is 0 Å². The summed E-state index contributed by atoms with van der Waals surface area (Å²) in [5.74, 6) is 0.135. The van der Waals surface area contributed by atoms with Gasteiger partial charge in [0.1, 0.15) is 6.61 Å². The summed E-state index contributed by atoms with van der Waals surface area (Å²) in [4.78, 5) is 11.7. The van der Waals surface area contributed by atoms with Crippen LogP contribution in [0.15, 0.2) is 24.3 Å². The van der Waals surface area contributed by atoms with Crippen molar-refractivity contribution in [2.75, 3.05) is 19.8 Å². The lowest BCUT2D eigenvalue weighted by Crippen LogP contribution is -2.19. The Morgan fingerprint density at radius 3 is 3.00 bits per heavy atom. The highest BCUT2D eigenvalue weighted by molar-refractivity contribution is 6.31. The van der Waals surface area contributed by atoms with Gasteiger partial charge in [-0.1, -0.05) is 29.8 Å². The molecule has 3 nitrogen and oxygen atoms in total.